The minimum Gasteiger partial charge on any atom is -0.462 e. The number of rotatable bonds is 8. The second kappa shape index (κ2) is 12.6. The van der Waals surface area contributed by atoms with Gasteiger partial charge in [0.15, 0.2) is 0 Å². The third-order valence-electron chi connectivity index (χ3n) is 7.80. The van der Waals surface area contributed by atoms with Crippen molar-refractivity contribution in [3.05, 3.63) is 36.0 Å². The molecular weight excluding hydrogens is 394 g/mol. The Kier molecular flexibility index (Phi) is 9.80. The Morgan fingerprint density at radius 2 is 1.61 bits per heavy atom. The highest BCUT2D eigenvalue weighted by atomic mass is 19.3. The van der Waals surface area contributed by atoms with Crippen LogP contribution in [-0.2, 0) is 9.53 Å². The van der Waals surface area contributed by atoms with Gasteiger partial charge in [0.25, 0.3) is 6.08 Å². The Hall–Kier alpha value is -1.45. The van der Waals surface area contributed by atoms with Gasteiger partial charge in [-0.25, -0.2) is 0 Å². The number of hydrogen-bond donors (Lipinski definition) is 0. The van der Waals surface area contributed by atoms with E-state index in [0.717, 1.165) is 55.4 Å². The molecule has 0 aromatic rings. The van der Waals surface area contributed by atoms with Crippen LogP contribution >= 0.6 is 0 Å². The lowest BCUT2D eigenvalue weighted by Crippen LogP contribution is -2.29. The van der Waals surface area contributed by atoms with Crippen molar-refractivity contribution in [1.29, 1.82) is 0 Å². The van der Waals surface area contributed by atoms with Gasteiger partial charge in [0.1, 0.15) is 6.10 Å². The zero-order chi connectivity index (χ0) is 22.1. The van der Waals surface area contributed by atoms with Gasteiger partial charge in [-0.1, -0.05) is 30.7 Å². The SMILES string of the molecule is CCC1=CCC(/C=C/C2CCC(C3CCC(OC(=O)CCC=C(F)F)CC3)CC2)CC1. The molecule has 1 unspecified atom stereocenters. The molecule has 0 amide bonds. The van der Waals surface area contributed by atoms with Gasteiger partial charge in [0, 0.05) is 6.42 Å². The van der Waals surface area contributed by atoms with Gasteiger partial charge >= 0.3 is 5.97 Å². The largest absolute Gasteiger partial charge is 0.462 e. The summed E-state index contributed by atoms with van der Waals surface area (Å²) in [5.41, 5.74) is 1.64. The molecule has 0 aromatic heterocycles. The van der Waals surface area contributed by atoms with Gasteiger partial charge in [-0.3, -0.25) is 4.79 Å². The van der Waals surface area contributed by atoms with E-state index in [4.69, 9.17) is 4.74 Å². The smallest absolute Gasteiger partial charge is 0.306 e. The van der Waals surface area contributed by atoms with Crippen molar-refractivity contribution in [2.24, 2.45) is 23.7 Å². The van der Waals surface area contributed by atoms with Crippen LogP contribution in [0.2, 0.25) is 0 Å². The van der Waals surface area contributed by atoms with Crippen LogP contribution in [0.15, 0.2) is 36.0 Å². The molecule has 0 bridgehead atoms. The predicted octanol–water partition coefficient (Wildman–Crippen LogP) is 8.15. The van der Waals surface area contributed by atoms with Crippen molar-refractivity contribution in [3.8, 4) is 0 Å². The number of carbonyl (C=O) groups excluding carboxylic acids is 1. The van der Waals surface area contributed by atoms with Crippen LogP contribution in [-0.4, -0.2) is 12.1 Å². The molecule has 1 atom stereocenters. The van der Waals surface area contributed by atoms with Crippen LogP contribution in [0.3, 0.4) is 0 Å². The Bertz CT molecular complexity index is 646. The summed E-state index contributed by atoms with van der Waals surface area (Å²) < 4.78 is 29.6. The number of carbonyl (C=O) groups is 1. The Balaban J connectivity index is 1.31. The number of halogens is 2. The molecule has 0 heterocycles. The summed E-state index contributed by atoms with van der Waals surface area (Å²) in [6.07, 6.45) is 21.1. The van der Waals surface area contributed by atoms with Gasteiger partial charge in [-0.05, 0) is 113 Å². The molecule has 2 nitrogen and oxygen atoms in total. The summed E-state index contributed by atoms with van der Waals surface area (Å²) in [6, 6.07) is 0. The predicted molar refractivity (Wildman–Crippen MR) is 122 cm³/mol. The monoisotopic (exact) mass is 434 g/mol. The maximum atomic E-state index is 12.0. The fourth-order valence-corrected chi connectivity index (χ4v) is 5.75. The molecule has 174 valence electrons. The molecule has 0 saturated heterocycles. The first-order valence-electron chi connectivity index (χ1n) is 12.6. The van der Waals surface area contributed by atoms with Crippen LogP contribution in [0.5, 0.6) is 0 Å². The Labute approximate surface area is 187 Å². The van der Waals surface area contributed by atoms with Crippen LogP contribution < -0.4 is 0 Å². The molecule has 3 aliphatic carbocycles. The molecule has 0 aromatic carbocycles. The van der Waals surface area contributed by atoms with Crippen LogP contribution in [0, 0.1) is 23.7 Å². The summed E-state index contributed by atoms with van der Waals surface area (Å²) >= 11 is 0. The summed E-state index contributed by atoms with van der Waals surface area (Å²) in [7, 11) is 0. The Morgan fingerprint density at radius 1 is 0.968 bits per heavy atom. The second-order valence-electron chi connectivity index (χ2n) is 9.87. The zero-order valence-corrected chi connectivity index (χ0v) is 19.2. The van der Waals surface area contributed by atoms with E-state index in [1.54, 1.807) is 5.57 Å². The quantitative estimate of drug-likeness (QED) is 0.284. The number of hydrogen-bond acceptors (Lipinski definition) is 2. The molecule has 31 heavy (non-hydrogen) atoms. The van der Waals surface area contributed by atoms with Gasteiger partial charge in [-0.2, -0.15) is 8.78 Å². The molecule has 0 aliphatic heterocycles. The van der Waals surface area contributed by atoms with E-state index in [0.29, 0.717) is 0 Å². The summed E-state index contributed by atoms with van der Waals surface area (Å²) in [5.74, 6) is 2.75. The van der Waals surface area contributed by atoms with Crippen LogP contribution in [0.25, 0.3) is 0 Å². The topological polar surface area (TPSA) is 26.3 Å². The van der Waals surface area contributed by atoms with E-state index in [-0.39, 0.29) is 24.9 Å². The van der Waals surface area contributed by atoms with Crippen LogP contribution in [0.4, 0.5) is 8.78 Å². The molecule has 3 rings (SSSR count). The van der Waals surface area contributed by atoms with E-state index in [1.165, 1.54) is 51.4 Å². The summed E-state index contributed by atoms with van der Waals surface area (Å²) in [4.78, 5) is 11.8. The summed E-state index contributed by atoms with van der Waals surface area (Å²) in [6.45, 7) is 2.26. The van der Waals surface area contributed by atoms with Gasteiger partial charge in [0.05, 0.1) is 0 Å². The fraction of sp³-hybridized carbons (Fsp3) is 0.741. The highest BCUT2D eigenvalue weighted by Crippen LogP contribution is 2.41. The van der Waals surface area contributed by atoms with E-state index in [2.05, 4.69) is 25.2 Å². The average molecular weight is 435 g/mol. The van der Waals surface area contributed by atoms with Gasteiger partial charge in [0.2, 0.25) is 0 Å². The number of esters is 1. The molecule has 3 aliphatic rings. The molecular formula is C27H40F2O2. The van der Waals surface area contributed by atoms with E-state index < -0.39 is 6.08 Å². The highest BCUT2D eigenvalue weighted by Gasteiger charge is 2.31. The van der Waals surface area contributed by atoms with E-state index in [9.17, 15) is 13.6 Å². The lowest BCUT2D eigenvalue weighted by atomic mass is 9.70. The van der Waals surface area contributed by atoms with Crippen molar-refractivity contribution < 1.29 is 18.3 Å². The van der Waals surface area contributed by atoms with Crippen molar-refractivity contribution in [1.82, 2.24) is 0 Å². The third kappa shape index (κ3) is 8.20. The standard InChI is InChI=1S/C27H40F2O2/c1-2-20-6-8-21(9-7-20)10-11-22-12-14-23(15-13-22)24-16-18-25(19-17-24)31-27(30)5-3-4-26(28)29/h4,6,10-11,21-25H,2-3,5,7-9,12-19H2,1H3/b11-10+. The minimum absolute atomic E-state index is 0.0139. The first kappa shape index (κ1) is 24.2. The maximum Gasteiger partial charge on any atom is 0.306 e. The number of ether oxygens (including phenoxy) is 1. The number of allylic oxidation sites excluding steroid dienone is 5. The summed E-state index contributed by atoms with van der Waals surface area (Å²) in [5, 5.41) is 0. The molecule has 0 N–H and O–H groups in total. The lowest BCUT2D eigenvalue weighted by Gasteiger charge is -2.37. The maximum absolute atomic E-state index is 12.0. The minimum atomic E-state index is -1.73. The molecule has 0 radical (unpaired) electrons. The fourth-order valence-electron chi connectivity index (χ4n) is 5.75. The average Bonchev–Trinajstić information content (AvgIpc) is 2.79. The molecule has 4 heteroatoms. The normalized spacial score (nSPS) is 31.8. The third-order valence-corrected chi connectivity index (χ3v) is 7.80. The van der Waals surface area contributed by atoms with E-state index >= 15 is 0 Å². The second-order valence-corrected chi connectivity index (χ2v) is 9.87. The van der Waals surface area contributed by atoms with Crippen molar-refractivity contribution >= 4 is 5.97 Å². The first-order chi connectivity index (χ1) is 15.0. The van der Waals surface area contributed by atoms with Crippen LogP contribution in [0.1, 0.15) is 96.8 Å². The highest BCUT2D eigenvalue weighted by molar-refractivity contribution is 5.69. The van der Waals surface area contributed by atoms with Gasteiger partial charge in [-0.15, -0.1) is 0 Å². The van der Waals surface area contributed by atoms with Crippen molar-refractivity contribution in [2.45, 2.75) is 103 Å². The van der Waals surface area contributed by atoms with Crippen molar-refractivity contribution in [2.75, 3.05) is 0 Å². The zero-order valence-electron chi connectivity index (χ0n) is 19.2. The lowest BCUT2D eigenvalue weighted by molar-refractivity contribution is -0.151. The van der Waals surface area contributed by atoms with Gasteiger partial charge < -0.3 is 4.74 Å². The first-order valence-corrected chi connectivity index (χ1v) is 12.6. The molecule has 2 saturated carbocycles. The molecule has 2 fully saturated rings. The Morgan fingerprint density at radius 3 is 2.19 bits per heavy atom. The van der Waals surface area contributed by atoms with Crippen molar-refractivity contribution in [3.63, 3.8) is 0 Å². The van der Waals surface area contributed by atoms with E-state index in [1.807, 2.05) is 0 Å². The molecule has 0 spiro atoms.